The first-order chi connectivity index (χ1) is 21.0. The molecule has 216 valence electrons. The topological polar surface area (TPSA) is 89.3 Å². The molecule has 0 saturated carbocycles. The van der Waals surface area contributed by atoms with Crippen molar-refractivity contribution in [3.8, 4) is 22.7 Å². The van der Waals surface area contributed by atoms with Gasteiger partial charge in [-0.2, -0.15) is 5.10 Å². The first kappa shape index (κ1) is 28.2. The average molecular weight is 590 g/mol. The number of nitrogens with one attached hydrogen (secondary N) is 1. The molecule has 1 N–H and O–H groups in total. The molecule has 43 heavy (non-hydrogen) atoms. The number of hydrogen-bond acceptors (Lipinski definition) is 6. The number of carbonyl (C=O) groups is 2. The molecule has 2 aromatic heterocycles. The van der Waals surface area contributed by atoms with Crippen molar-refractivity contribution in [3.63, 3.8) is 0 Å². The number of fused-ring (bicyclic) bond motifs is 1. The Kier molecular flexibility index (Phi) is 8.24. The molecule has 3 aromatic carbocycles. The van der Waals surface area contributed by atoms with Crippen LogP contribution in [-0.4, -0.2) is 46.0 Å². The zero-order valence-corrected chi connectivity index (χ0v) is 24.8. The number of hydrogen-bond donors (Lipinski definition) is 1. The summed E-state index contributed by atoms with van der Waals surface area (Å²) >= 11 is 1.56. The van der Waals surface area contributed by atoms with Gasteiger partial charge in [0.1, 0.15) is 18.1 Å². The number of amides is 2. The Hall–Kier alpha value is -4.89. The van der Waals surface area contributed by atoms with E-state index in [9.17, 15) is 9.59 Å². The minimum atomic E-state index is -0.284. The summed E-state index contributed by atoms with van der Waals surface area (Å²) in [5.74, 6) is 1.05. The summed E-state index contributed by atoms with van der Waals surface area (Å²) in [4.78, 5) is 33.2. The van der Waals surface area contributed by atoms with Gasteiger partial charge in [-0.15, -0.1) is 11.8 Å². The molecule has 9 heteroatoms. The number of anilines is 1. The third-order valence-corrected chi connectivity index (χ3v) is 8.66. The number of ether oxygens (including phenoxy) is 1. The molecule has 0 saturated heterocycles. The SMILES string of the molecule is COc1ccc(-n2nc(-c3ccccc3)c3c2N(CC(=O)NCc2ccccn2)C(=O)CSC3c2ccccc2C)cc1. The molecule has 8 nitrogen and oxygen atoms in total. The summed E-state index contributed by atoms with van der Waals surface area (Å²) in [5, 5.41) is 7.89. The Morgan fingerprint density at radius 1 is 0.977 bits per heavy atom. The van der Waals surface area contributed by atoms with Crippen molar-refractivity contribution in [2.75, 3.05) is 24.3 Å². The molecule has 1 aliphatic heterocycles. The van der Waals surface area contributed by atoms with Gasteiger partial charge < -0.3 is 10.1 Å². The Morgan fingerprint density at radius 3 is 2.44 bits per heavy atom. The van der Waals surface area contributed by atoms with Crippen molar-refractivity contribution in [2.45, 2.75) is 18.7 Å². The van der Waals surface area contributed by atoms with Crippen LogP contribution in [0.3, 0.4) is 0 Å². The Labute approximate surface area is 254 Å². The van der Waals surface area contributed by atoms with Crippen LogP contribution in [0, 0.1) is 6.92 Å². The highest BCUT2D eigenvalue weighted by molar-refractivity contribution is 8.00. The van der Waals surface area contributed by atoms with Crippen LogP contribution in [0.2, 0.25) is 0 Å². The summed E-state index contributed by atoms with van der Waals surface area (Å²) < 4.78 is 7.19. The van der Waals surface area contributed by atoms with Gasteiger partial charge in [-0.1, -0.05) is 60.7 Å². The van der Waals surface area contributed by atoms with Gasteiger partial charge in [0.25, 0.3) is 0 Å². The van der Waals surface area contributed by atoms with Crippen molar-refractivity contribution in [1.29, 1.82) is 0 Å². The van der Waals surface area contributed by atoms with Crippen LogP contribution in [0.25, 0.3) is 16.9 Å². The van der Waals surface area contributed by atoms with Crippen molar-refractivity contribution in [1.82, 2.24) is 20.1 Å². The number of aromatic nitrogens is 3. The molecule has 3 heterocycles. The number of rotatable bonds is 8. The van der Waals surface area contributed by atoms with Crippen LogP contribution in [0.1, 0.15) is 27.6 Å². The van der Waals surface area contributed by atoms with Gasteiger partial charge in [0.2, 0.25) is 11.8 Å². The third-order valence-electron chi connectivity index (χ3n) is 7.42. The van der Waals surface area contributed by atoms with Crippen LogP contribution in [0.4, 0.5) is 5.82 Å². The highest BCUT2D eigenvalue weighted by Gasteiger charge is 2.38. The van der Waals surface area contributed by atoms with E-state index in [1.54, 1.807) is 34.7 Å². The van der Waals surface area contributed by atoms with E-state index < -0.39 is 0 Å². The van der Waals surface area contributed by atoms with Crippen molar-refractivity contribution >= 4 is 29.4 Å². The second-order valence-corrected chi connectivity index (χ2v) is 11.3. The van der Waals surface area contributed by atoms with Gasteiger partial charge in [-0.3, -0.25) is 19.5 Å². The zero-order valence-electron chi connectivity index (χ0n) is 23.9. The van der Waals surface area contributed by atoms with Gasteiger partial charge in [0.05, 0.1) is 41.7 Å². The second-order valence-electron chi connectivity index (χ2n) is 10.2. The lowest BCUT2D eigenvalue weighted by molar-refractivity contribution is -0.123. The molecule has 2 amide bonds. The van der Waals surface area contributed by atoms with Crippen molar-refractivity contribution < 1.29 is 14.3 Å². The van der Waals surface area contributed by atoms with E-state index in [1.165, 1.54) is 0 Å². The lowest BCUT2D eigenvalue weighted by atomic mass is 9.97. The lowest BCUT2D eigenvalue weighted by Crippen LogP contribution is -2.42. The number of pyridine rings is 1. The normalized spacial score (nSPS) is 14.6. The molecule has 0 bridgehead atoms. The number of aryl methyl sites for hydroxylation is 1. The minimum absolute atomic E-state index is 0.157. The van der Waals surface area contributed by atoms with Crippen LogP contribution in [-0.2, 0) is 16.1 Å². The van der Waals surface area contributed by atoms with Gasteiger partial charge >= 0.3 is 0 Å². The van der Waals surface area contributed by atoms with Gasteiger partial charge in [0.15, 0.2) is 0 Å². The maximum absolute atomic E-state index is 13.9. The molecule has 1 aliphatic rings. The van der Waals surface area contributed by atoms with Crippen molar-refractivity contribution in [2.24, 2.45) is 0 Å². The van der Waals surface area contributed by atoms with E-state index in [0.29, 0.717) is 11.6 Å². The quantitative estimate of drug-likeness (QED) is 0.249. The number of benzene rings is 3. The molecular weight excluding hydrogens is 558 g/mol. The molecule has 6 rings (SSSR count). The van der Waals surface area contributed by atoms with Crippen LogP contribution >= 0.6 is 11.8 Å². The minimum Gasteiger partial charge on any atom is -0.497 e. The highest BCUT2D eigenvalue weighted by Crippen LogP contribution is 2.49. The molecular formula is C34H31N5O3S. The maximum Gasteiger partial charge on any atom is 0.240 e. The monoisotopic (exact) mass is 589 g/mol. The van der Waals surface area contributed by atoms with E-state index in [1.807, 2.05) is 84.9 Å². The zero-order chi connectivity index (χ0) is 29.8. The summed E-state index contributed by atoms with van der Waals surface area (Å²) in [6.45, 7) is 2.19. The number of thioether (sulfide) groups is 1. The largest absolute Gasteiger partial charge is 0.497 e. The third kappa shape index (κ3) is 5.89. The molecule has 0 fully saturated rings. The van der Waals surface area contributed by atoms with E-state index in [2.05, 4.69) is 29.4 Å². The second kappa shape index (κ2) is 12.5. The summed E-state index contributed by atoms with van der Waals surface area (Å²) in [5.41, 5.74) is 6.31. The molecule has 1 atom stereocenters. The van der Waals surface area contributed by atoms with E-state index in [4.69, 9.17) is 9.84 Å². The first-order valence-corrected chi connectivity index (χ1v) is 15.0. The highest BCUT2D eigenvalue weighted by atomic mass is 32.2. The van der Waals surface area contributed by atoms with Crippen LogP contribution < -0.4 is 15.0 Å². The molecule has 0 spiro atoms. The van der Waals surface area contributed by atoms with Crippen molar-refractivity contribution in [3.05, 3.63) is 126 Å². The van der Waals surface area contributed by atoms with Crippen LogP contribution in [0.15, 0.2) is 103 Å². The molecule has 0 radical (unpaired) electrons. The predicted molar refractivity (Wildman–Crippen MR) is 169 cm³/mol. The Morgan fingerprint density at radius 2 is 1.72 bits per heavy atom. The summed E-state index contributed by atoms with van der Waals surface area (Å²) in [6, 6.07) is 31.3. The first-order valence-electron chi connectivity index (χ1n) is 14.0. The standard InChI is InChI=1S/C34H31N5O3S/c1-23-10-6-7-14-28(23)33-31-32(24-11-4-3-5-12-24)37-39(26-15-17-27(42-2)18-16-26)34(31)38(30(41)22-43-33)21-29(40)36-20-25-13-8-9-19-35-25/h3-19,33H,20-22H2,1-2H3,(H,36,40). The maximum atomic E-state index is 13.9. The lowest BCUT2D eigenvalue weighted by Gasteiger charge is -2.23. The summed E-state index contributed by atoms with van der Waals surface area (Å²) in [6.07, 6.45) is 1.69. The fraction of sp³-hybridized carbons (Fsp3) is 0.176. The smallest absolute Gasteiger partial charge is 0.240 e. The summed E-state index contributed by atoms with van der Waals surface area (Å²) in [7, 11) is 1.62. The molecule has 0 aliphatic carbocycles. The van der Waals surface area contributed by atoms with Gasteiger partial charge in [0, 0.05) is 17.3 Å². The Balaban J connectivity index is 1.52. The number of carbonyl (C=O) groups excluding carboxylic acids is 2. The van der Waals surface area contributed by atoms with E-state index >= 15 is 0 Å². The fourth-order valence-corrected chi connectivity index (χ4v) is 6.54. The predicted octanol–water partition coefficient (Wildman–Crippen LogP) is 5.74. The van der Waals surface area contributed by atoms with E-state index in [-0.39, 0.29) is 35.9 Å². The average Bonchev–Trinajstić information content (AvgIpc) is 3.38. The molecule has 5 aromatic rings. The van der Waals surface area contributed by atoms with Crippen LogP contribution in [0.5, 0.6) is 5.75 Å². The number of nitrogens with zero attached hydrogens (tertiary/aromatic N) is 4. The Bertz CT molecular complexity index is 1740. The molecule has 1 unspecified atom stereocenters. The van der Waals surface area contributed by atoms with E-state index in [0.717, 1.165) is 39.3 Å². The van der Waals surface area contributed by atoms with Gasteiger partial charge in [-0.05, 0) is 54.4 Å². The number of methoxy groups -OCH3 is 1. The fourth-order valence-electron chi connectivity index (χ4n) is 5.25. The van der Waals surface area contributed by atoms with Gasteiger partial charge in [-0.25, -0.2) is 4.68 Å².